The number of likely N-dealkylation sites (tertiary alicyclic amines) is 1. The average Bonchev–Trinajstić information content (AvgIpc) is 2.99. The molecule has 3 rings (SSSR count). The number of carbonyl (C=O) groups excluding carboxylic acids is 2. The van der Waals surface area contributed by atoms with Gasteiger partial charge in [-0.3, -0.25) is 4.79 Å². The second-order valence-corrected chi connectivity index (χ2v) is 6.96. The average molecular weight is 323 g/mol. The molecule has 0 aromatic carbocycles. The number of nitrogens with zero attached hydrogens (tertiary/aromatic N) is 2. The zero-order valence-electron chi connectivity index (χ0n) is 12.8. The Morgan fingerprint density at radius 3 is 3.05 bits per heavy atom. The number of hydrogen-bond acceptors (Lipinski definition) is 5. The van der Waals surface area contributed by atoms with E-state index in [1.807, 2.05) is 17.3 Å². The van der Waals surface area contributed by atoms with E-state index in [1.165, 1.54) is 4.88 Å². The van der Waals surface area contributed by atoms with Crippen LogP contribution in [0.1, 0.15) is 36.3 Å². The van der Waals surface area contributed by atoms with Crippen LogP contribution < -0.4 is 5.32 Å². The number of amides is 2. The molecule has 0 radical (unpaired) electrons. The zero-order valence-corrected chi connectivity index (χ0v) is 13.6. The summed E-state index contributed by atoms with van der Waals surface area (Å²) >= 11 is 1.61. The first kappa shape index (κ1) is 15.3. The minimum atomic E-state index is -0.402. The smallest absolute Gasteiger partial charge is 0.407 e. The van der Waals surface area contributed by atoms with Crippen molar-refractivity contribution in [1.82, 2.24) is 15.2 Å². The molecule has 1 aromatic heterocycles. The fraction of sp³-hybridized carbons (Fsp3) is 0.667. The number of aryl methyl sites for hydroxylation is 2. The van der Waals surface area contributed by atoms with Crippen molar-refractivity contribution in [3.63, 3.8) is 0 Å². The van der Waals surface area contributed by atoms with Crippen LogP contribution in [-0.2, 0) is 16.0 Å². The predicted octanol–water partition coefficient (Wildman–Crippen LogP) is 1.88. The molecule has 0 bridgehead atoms. The summed E-state index contributed by atoms with van der Waals surface area (Å²) in [6.45, 7) is 3.95. The Morgan fingerprint density at radius 1 is 1.50 bits per heavy atom. The summed E-state index contributed by atoms with van der Waals surface area (Å²) in [4.78, 5) is 31.0. The van der Waals surface area contributed by atoms with E-state index in [0.29, 0.717) is 19.5 Å². The molecular formula is C15H21N3O3S. The van der Waals surface area contributed by atoms with Gasteiger partial charge in [-0.25, -0.2) is 9.78 Å². The molecule has 22 heavy (non-hydrogen) atoms. The molecule has 1 aromatic rings. The lowest BCUT2D eigenvalue weighted by Crippen LogP contribution is -2.36. The van der Waals surface area contributed by atoms with Crippen LogP contribution in [0, 0.1) is 6.92 Å². The third kappa shape index (κ3) is 3.24. The highest BCUT2D eigenvalue weighted by Gasteiger charge is 2.41. The molecule has 120 valence electrons. The number of ether oxygens (including phenoxy) is 1. The van der Waals surface area contributed by atoms with Gasteiger partial charge in [0.25, 0.3) is 0 Å². The number of hydrogen-bond donors (Lipinski definition) is 1. The van der Waals surface area contributed by atoms with Crippen LogP contribution in [0.25, 0.3) is 0 Å². The van der Waals surface area contributed by atoms with Gasteiger partial charge in [0, 0.05) is 30.8 Å². The van der Waals surface area contributed by atoms with Gasteiger partial charge in [-0.1, -0.05) is 0 Å². The molecule has 7 heteroatoms. The molecule has 0 saturated carbocycles. The minimum Gasteiger partial charge on any atom is -0.441 e. The number of aromatic nitrogens is 1. The van der Waals surface area contributed by atoms with E-state index in [0.717, 1.165) is 37.9 Å². The van der Waals surface area contributed by atoms with Crippen molar-refractivity contribution in [3.8, 4) is 0 Å². The van der Waals surface area contributed by atoms with E-state index in [1.54, 1.807) is 11.3 Å². The quantitative estimate of drug-likeness (QED) is 0.922. The topological polar surface area (TPSA) is 71.5 Å². The largest absolute Gasteiger partial charge is 0.441 e. The van der Waals surface area contributed by atoms with E-state index in [9.17, 15) is 9.59 Å². The standard InChI is InChI=1S/C15H21N3O3S/c1-11-12(22-10-17-11)3-4-13(19)18-7-2-5-15(6-8-18)9-16-14(20)21-15/h10H,2-9H2,1H3,(H,16,20)/t15-/m0/s1. The summed E-state index contributed by atoms with van der Waals surface area (Å²) in [7, 11) is 0. The first-order valence-corrected chi connectivity index (χ1v) is 8.60. The molecule has 2 amide bonds. The van der Waals surface area contributed by atoms with Crippen LogP contribution in [-0.4, -0.2) is 47.1 Å². The summed E-state index contributed by atoms with van der Waals surface area (Å²) in [6, 6.07) is 0. The summed E-state index contributed by atoms with van der Waals surface area (Å²) < 4.78 is 5.44. The second kappa shape index (κ2) is 6.24. The van der Waals surface area contributed by atoms with Crippen LogP contribution >= 0.6 is 11.3 Å². The number of carbonyl (C=O) groups is 2. The van der Waals surface area contributed by atoms with Crippen molar-refractivity contribution >= 4 is 23.3 Å². The van der Waals surface area contributed by atoms with Gasteiger partial charge >= 0.3 is 6.09 Å². The molecule has 0 aliphatic carbocycles. The highest BCUT2D eigenvalue weighted by molar-refractivity contribution is 7.09. The fourth-order valence-corrected chi connectivity index (χ4v) is 3.92. The number of nitrogens with one attached hydrogen (secondary N) is 1. The highest BCUT2D eigenvalue weighted by Crippen LogP contribution is 2.29. The van der Waals surface area contributed by atoms with Gasteiger partial charge in [-0.05, 0) is 26.2 Å². The molecule has 1 N–H and O–H groups in total. The van der Waals surface area contributed by atoms with Gasteiger partial charge in [0.1, 0.15) is 5.60 Å². The lowest BCUT2D eigenvalue weighted by molar-refractivity contribution is -0.131. The lowest BCUT2D eigenvalue weighted by atomic mass is 9.95. The van der Waals surface area contributed by atoms with E-state index in [-0.39, 0.29) is 12.0 Å². The monoisotopic (exact) mass is 323 g/mol. The van der Waals surface area contributed by atoms with Gasteiger partial charge in [-0.15, -0.1) is 11.3 Å². The highest BCUT2D eigenvalue weighted by atomic mass is 32.1. The molecule has 2 fully saturated rings. The molecule has 1 atom stereocenters. The SMILES string of the molecule is Cc1ncsc1CCC(=O)N1CCC[C@]2(CC1)CNC(=O)O2. The van der Waals surface area contributed by atoms with Crippen molar-refractivity contribution in [2.75, 3.05) is 19.6 Å². The number of thiazole rings is 1. The third-order valence-electron chi connectivity index (χ3n) is 4.53. The van der Waals surface area contributed by atoms with Gasteiger partial charge in [0.05, 0.1) is 17.7 Å². The van der Waals surface area contributed by atoms with Gasteiger partial charge in [-0.2, -0.15) is 0 Å². The Balaban J connectivity index is 1.53. The lowest BCUT2D eigenvalue weighted by Gasteiger charge is -2.25. The van der Waals surface area contributed by atoms with Crippen LogP contribution in [0.4, 0.5) is 4.79 Å². The van der Waals surface area contributed by atoms with Crippen molar-refractivity contribution in [2.24, 2.45) is 0 Å². The Morgan fingerprint density at radius 2 is 2.36 bits per heavy atom. The first-order chi connectivity index (χ1) is 10.6. The summed E-state index contributed by atoms with van der Waals surface area (Å²) in [5, 5.41) is 2.73. The van der Waals surface area contributed by atoms with E-state index < -0.39 is 5.60 Å². The predicted molar refractivity (Wildman–Crippen MR) is 82.8 cm³/mol. The van der Waals surface area contributed by atoms with Gasteiger partial charge in [0.15, 0.2) is 0 Å². The first-order valence-electron chi connectivity index (χ1n) is 7.72. The number of rotatable bonds is 3. The minimum absolute atomic E-state index is 0.183. The normalized spacial score (nSPS) is 25.0. The van der Waals surface area contributed by atoms with Crippen LogP contribution in [0.15, 0.2) is 5.51 Å². The van der Waals surface area contributed by atoms with Gasteiger partial charge < -0.3 is 15.0 Å². The summed E-state index contributed by atoms with van der Waals surface area (Å²) in [5.41, 5.74) is 2.45. The maximum atomic E-state index is 12.4. The summed E-state index contributed by atoms with van der Waals surface area (Å²) in [5.74, 6) is 0.183. The Kier molecular flexibility index (Phi) is 4.33. The number of alkyl carbamates (subject to hydrolysis) is 1. The second-order valence-electron chi connectivity index (χ2n) is 6.02. The molecule has 1 spiro atoms. The molecule has 2 aliphatic rings. The molecule has 3 heterocycles. The van der Waals surface area contributed by atoms with Crippen molar-refractivity contribution < 1.29 is 14.3 Å². The van der Waals surface area contributed by atoms with E-state index in [4.69, 9.17) is 4.74 Å². The maximum Gasteiger partial charge on any atom is 0.407 e. The third-order valence-corrected chi connectivity index (χ3v) is 5.52. The Hall–Kier alpha value is -1.63. The Labute approximate surface area is 133 Å². The van der Waals surface area contributed by atoms with Crippen LogP contribution in [0.3, 0.4) is 0 Å². The molecule has 0 unspecified atom stereocenters. The van der Waals surface area contributed by atoms with Crippen LogP contribution in [0.2, 0.25) is 0 Å². The van der Waals surface area contributed by atoms with Gasteiger partial charge in [0.2, 0.25) is 5.91 Å². The maximum absolute atomic E-state index is 12.4. The van der Waals surface area contributed by atoms with Crippen molar-refractivity contribution in [1.29, 1.82) is 0 Å². The van der Waals surface area contributed by atoms with E-state index >= 15 is 0 Å². The fourth-order valence-electron chi connectivity index (χ4n) is 3.14. The molecule has 6 nitrogen and oxygen atoms in total. The summed E-state index contributed by atoms with van der Waals surface area (Å²) in [6.07, 6.45) is 3.36. The molecular weight excluding hydrogens is 302 g/mol. The van der Waals surface area contributed by atoms with Crippen molar-refractivity contribution in [2.45, 2.75) is 44.6 Å². The van der Waals surface area contributed by atoms with E-state index in [2.05, 4.69) is 10.3 Å². The Bertz CT molecular complexity index is 574. The molecule has 2 aliphatic heterocycles. The van der Waals surface area contributed by atoms with Crippen molar-refractivity contribution in [3.05, 3.63) is 16.1 Å². The zero-order chi connectivity index (χ0) is 15.6. The van der Waals surface area contributed by atoms with Crippen LogP contribution in [0.5, 0.6) is 0 Å². The molecule has 2 saturated heterocycles.